The van der Waals surface area contributed by atoms with E-state index in [0.717, 1.165) is 6.42 Å². The van der Waals surface area contributed by atoms with Crippen molar-refractivity contribution in [2.24, 2.45) is 5.92 Å². The van der Waals surface area contributed by atoms with E-state index >= 15 is 0 Å². The highest BCUT2D eigenvalue weighted by Crippen LogP contribution is 2.30. The summed E-state index contributed by atoms with van der Waals surface area (Å²) >= 11 is 0. The zero-order valence-corrected chi connectivity index (χ0v) is 13.8. The maximum atomic E-state index is 8.84. The van der Waals surface area contributed by atoms with E-state index < -0.39 is 0 Å². The van der Waals surface area contributed by atoms with Crippen molar-refractivity contribution in [3.63, 3.8) is 0 Å². The first-order valence-electron chi connectivity index (χ1n) is 7.71. The van der Waals surface area contributed by atoms with Crippen LogP contribution in [0.4, 0.5) is 0 Å². The lowest BCUT2D eigenvalue weighted by Crippen LogP contribution is -2.35. The second kappa shape index (κ2) is 8.90. The molecular formula is C17H29NO3. The Balaban J connectivity index is 2.82. The molecule has 0 aliphatic rings. The Morgan fingerprint density at radius 2 is 1.90 bits per heavy atom. The molecule has 0 fully saturated rings. The standard InChI is InChI=1S/C17H29NO3/c1-6-15(12(2)3)18-13(4)14-7-8-16(21-10-9-19)17(11-14)20-5/h7-8,11-13,15,18-19H,6,9-10H2,1-5H3/t13-,15-/m1/s1. The van der Waals surface area contributed by atoms with Crippen molar-refractivity contribution >= 4 is 0 Å². The monoisotopic (exact) mass is 295 g/mol. The van der Waals surface area contributed by atoms with Crippen molar-refractivity contribution in [3.8, 4) is 11.5 Å². The van der Waals surface area contributed by atoms with Crippen LogP contribution in [0.3, 0.4) is 0 Å². The third-order valence-corrected chi connectivity index (χ3v) is 3.75. The number of aliphatic hydroxyl groups is 1. The van der Waals surface area contributed by atoms with Crippen LogP contribution >= 0.6 is 0 Å². The maximum Gasteiger partial charge on any atom is 0.161 e. The molecule has 1 aromatic rings. The van der Waals surface area contributed by atoms with Gasteiger partial charge >= 0.3 is 0 Å². The smallest absolute Gasteiger partial charge is 0.161 e. The van der Waals surface area contributed by atoms with Gasteiger partial charge in [-0.3, -0.25) is 0 Å². The van der Waals surface area contributed by atoms with Gasteiger partial charge in [-0.2, -0.15) is 0 Å². The molecule has 1 aromatic carbocycles. The second-order valence-electron chi connectivity index (χ2n) is 5.63. The number of nitrogens with one attached hydrogen (secondary N) is 1. The normalized spacial score (nSPS) is 14.0. The van der Waals surface area contributed by atoms with Gasteiger partial charge in [-0.05, 0) is 37.0 Å². The van der Waals surface area contributed by atoms with Crippen molar-refractivity contribution in [2.45, 2.75) is 46.2 Å². The van der Waals surface area contributed by atoms with Gasteiger partial charge in [-0.1, -0.05) is 26.8 Å². The van der Waals surface area contributed by atoms with Gasteiger partial charge in [0.15, 0.2) is 11.5 Å². The second-order valence-corrected chi connectivity index (χ2v) is 5.63. The van der Waals surface area contributed by atoms with Crippen LogP contribution < -0.4 is 14.8 Å². The molecule has 21 heavy (non-hydrogen) atoms. The summed E-state index contributed by atoms with van der Waals surface area (Å²) in [6.07, 6.45) is 1.11. The molecule has 4 nitrogen and oxygen atoms in total. The lowest BCUT2D eigenvalue weighted by Gasteiger charge is -2.26. The van der Waals surface area contributed by atoms with E-state index in [1.54, 1.807) is 7.11 Å². The summed E-state index contributed by atoms with van der Waals surface area (Å²) in [5, 5.41) is 12.5. The Labute approximate surface area is 128 Å². The van der Waals surface area contributed by atoms with Gasteiger partial charge in [-0.25, -0.2) is 0 Å². The summed E-state index contributed by atoms with van der Waals surface area (Å²) in [6.45, 7) is 9.11. The predicted molar refractivity (Wildman–Crippen MR) is 86.0 cm³/mol. The number of methoxy groups -OCH3 is 1. The molecule has 2 N–H and O–H groups in total. The minimum atomic E-state index is -0.00453. The zero-order valence-electron chi connectivity index (χ0n) is 13.8. The van der Waals surface area contributed by atoms with Crippen LogP contribution in [0.1, 0.15) is 45.7 Å². The molecule has 0 unspecified atom stereocenters. The minimum Gasteiger partial charge on any atom is -0.493 e. The van der Waals surface area contributed by atoms with Gasteiger partial charge < -0.3 is 19.9 Å². The molecule has 0 amide bonds. The molecular weight excluding hydrogens is 266 g/mol. The number of ether oxygens (including phenoxy) is 2. The fourth-order valence-corrected chi connectivity index (χ4v) is 2.43. The molecule has 0 heterocycles. The van der Waals surface area contributed by atoms with Gasteiger partial charge in [0.1, 0.15) is 6.61 Å². The maximum absolute atomic E-state index is 8.84. The van der Waals surface area contributed by atoms with Crippen molar-refractivity contribution in [1.82, 2.24) is 5.32 Å². The van der Waals surface area contributed by atoms with Gasteiger partial charge in [0.2, 0.25) is 0 Å². The Hall–Kier alpha value is -1.26. The molecule has 0 bridgehead atoms. The minimum absolute atomic E-state index is 0.00453. The largest absolute Gasteiger partial charge is 0.493 e. The van der Waals surface area contributed by atoms with E-state index in [9.17, 15) is 0 Å². The van der Waals surface area contributed by atoms with Crippen molar-refractivity contribution in [3.05, 3.63) is 23.8 Å². The molecule has 4 heteroatoms. The molecule has 0 saturated heterocycles. The number of benzene rings is 1. The SMILES string of the molecule is CC[C@@H](N[C@H](C)c1ccc(OCCO)c(OC)c1)C(C)C. The Morgan fingerprint density at radius 1 is 1.19 bits per heavy atom. The zero-order chi connectivity index (χ0) is 15.8. The van der Waals surface area contributed by atoms with Crippen LogP contribution in [0.25, 0.3) is 0 Å². The quantitative estimate of drug-likeness (QED) is 0.735. The van der Waals surface area contributed by atoms with Crippen LogP contribution in [-0.4, -0.2) is 31.5 Å². The summed E-state index contributed by atoms with van der Waals surface area (Å²) < 4.78 is 10.8. The number of aliphatic hydroxyl groups excluding tert-OH is 1. The molecule has 2 atom stereocenters. The summed E-state index contributed by atoms with van der Waals surface area (Å²) in [5.41, 5.74) is 1.17. The van der Waals surface area contributed by atoms with Gasteiger partial charge in [-0.15, -0.1) is 0 Å². The fourth-order valence-electron chi connectivity index (χ4n) is 2.43. The van der Waals surface area contributed by atoms with Crippen LogP contribution in [0.15, 0.2) is 18.2 Å². The molecule has 120 valence electrons. The molecule has 0 aliphatic heterocycles. The fraction of sp³-hybridized carbons (Fsp3) is 0.647. The van der Waals surface area contributed by atoms with E-state index in [1.165, 1.54) is 5.56 Å². The highest BCUT2D eigenvalue weighted by molar-refractivity contribution is 5.43. The van der Waals surface area contributed by atoms with Gasteiger partial charge in [0.05, 0.1) is 13.7 Å². The van der Waals surface area contributed by atoms with Crippen LogP contribution in [0, 0.1) is 5.92 Å². The highest BCUT2D eigenvalue weighted by atomic mass is 16.5. The third-order valence-electron chi connectivity index (χ3n) is 3.75. The van der Waals surface area contributed by atoms with E-state index in [1.807, 2.05) is 18.2 Å². The van der Waals surface area contributed by atoms with Gasteiger partial charge in [0, 0.05) is 12.1 Å². The lowest BCUT2D eigenvalue weighted by atomic mass is 9.99. The third kappa shape index (κ3) is 5.21. The number of rotatable bonds is 9. The topological polar surface area (TPSA) is 50.7 Å². The molecule has 0 spiro atoms. The van der Waals surface area contributed by atoms with E-state index in [0.29, 0.717) is 23.5 Å². The summed E-state index contributed by atoms with van der Waals surface area (Å²) in [5.74, 6) is 1.97. The van der Waals surface area contributed by atoms with E-state index in [4.69, 9.17) is 14.6 Å². The summed E-state index contributed by atoms with van der Waals surface area (Å²) in [7, 11) is 1.63. The average Bonchev–Trinajstić information content (AvgIpc) is 2.49. The number of hydrogen-bond acceptors (Lipinski definition) is 4. The Bertz CT molecular complexity index is 420. The predicted octanol–water partition coefficient (Wildman–Crippen LogP) is 3.15. The van der Waals surface area contributed by atoms with Crippen LogP contribution in [-0.2, 0) is 0 Å². The van der Waals surface area contributed by atoms with Gasteiger partial charge in [0.25, 0.3) is 0 Å². The van der Waals surface area contributed by atoms with Crippen molar-refractivity contribution < 1.29 is 14.6 Å². The lowest BCUT2D eigenvalue weighted by molar-refractivity contribution is 0.196. The first kappa shape index (κ1) is 17.8. The molecule has 0 aliphatic carbocycles. The molecule has 0 saturated carbocycles. The molecule has 0 radical (unpaired) electrons. The first-order valence-corrected chi connectivity index (χ1v) is 7.71. The molecule has 1 rings (SSSR count). The first-order chi connectivity index (χ1) is 10.0. The van der Waals surface area contributed by atoms with E-state index in [2.05, 4.69) is 33.0 Å². The summed E-state index contributed by atoms with van der Waals surface area (Å²) in [4.78, 5) is 0. The average molecular weight is 295 g/mol. The van der Waals surface area contributed by atoms with Crippen molar-refractivity contribution in [2.75, 3.05) is 20.3 Å². The van der Waals surface area contributed by atoms with Crippen LogP contribution in [0.5, 0.6) is 11.5 Å². The molecule has 0 aromatic heterocycles. The Morgan fingerprint density at radius 3 is 2.43 bits per heavy atom. The Kier molecular flexibility index (Phi) is 7.54. The summed E-state index contributed by atoms with van der Waals surface area (Å²) in [6, 6.07) is 6.69. The highest BCUT2D eigenvalue weighted by Gasteiger charge is 2.16. The van der Waals surface area contributed by atoms with E-state index in [-0.39, 0.29) is 19.3 Å². The van der Waals surface area contributed by atoms with Crippen LogP contribution in [0.2, 0.25) is 0 Å². The number of hydrogen-bond donors (Lipinski definition) is 2. The van der Waals surface area contributed by atoms with Crippen molar-refractivity contribution in [1.29, 1.82) is 0 Å².